The third kappa shape index (κ3) is 3.88. The van der Waals surface area contributed by atoms with E-state index in [-0.39, 0.29) is 25.4 Å². The molecule has 1 aliphatic heterocycles. The Hall–Kier alpha value is -3.85. The molecule has 4 rings (SSSR count). The lowest BCUT2D eigenvalue weighted by atomic mass is 9.99. The second-order valence-corrected chi connectivity index (χ2v) is 8.24. The summed E-state index contributed by atoms with van der Waals surface area (Å²) in [5.41, 5.74) is 2.87. The van der Waals surface area contributed by atoms with Crippen LogP contribution in [0.4, 0.5) is 0 Å². The van der Waals surface area contributed by atoms with Crippen LogP contribution < -0.4 is 10.1 Å². The summed E-state index contributed by atoms with van der Waals surface area (Å²) < 4.78 is 17.2. The number of carbonyl (C=O) groups excluding carboxylic acids is 2. The number of ether oxygens (including phenoxy) is 2. The molecule has 180 valence electrons. The maximum Gasteiger partial charge on any atom is 0.256 e. The number of aromatic nitrogens is 1. The Kier molecular flexibility index (Phi) is 6.30. The summed E-state index contributed by atoms with van der Waals surface area (Å²) in [6.45, 7) is 6.09. The van der Waals surface area contributed by atoms with Crippen LogP contribution in [0.2, 0.25) is 0 Å². The van der Waals surface area contributed by atoms with Crippen LogP contribution in [0.1, 0.15) is 46.1 Å². The summed E-state index contributed by atoms with van der Waals surface area (Å²) >= 11 is 0. The van der Waals surface area contributed by atoms with E-state index in [9.17, 15) is 9.59 Å². The third-order valence-corrected chi connectivity index (χ3v) is 6.34. The standard InChI is InChI=1S/C25H28N4O5.H2/c1-13-18(25(31)29-12-21(32-5)14(29)2)11-28-23(13)19(8-9-26)34-16-6-7-17-20(10-16)33-15(3)22(17)24(30)27-4;/h6-11,14,21,26,28H,12H2,1-5H3,(H,27,30);1H/b19-8+,26-9?;/t14-,21-;/m0./s1. The van der Waals surface area contributed by atoms with Crippen LogP contribution in [-0.4, -0.2) is 60.8 Å². The molecule has 9 heteroatoms. The van der Waals surface area contributed by atoms with Crippen molar-refractivity contribution in [2.24, 2.45) is 0 Å². The van der Waals surface area contributed by atoms with Gasteiger partial charge in [-0.25, -0.2) is 0 Å². The molecule has 2 amide bonds. The van der Waals surface area contributed by atoms with Gasteiger partial charge in [-0.05, 0) is 38.5 Å². The van der Waals surface area contributed by atoms with Crippen molar-refractivity contribution in [2.45, 2.75) is 32.9 Å². The number of benzene rings is 1. The van der Waals surface area contributed by atoms with Crippen molar-refractivity contribution in [1.82, 2.24) is 15.2 Å². The van der Waals surface area contributed by atoms with E-state index in [0.717, 1.165) is 11.8 Å². The van der Waals surface area contributed by atoms with Crippen molar-refractivity contribution >= 4 is 34.8 Å². The van der Waals surface area contributed by atoms with Crippen molar-refractivity contribution in [1.29, 1.82) is 5.41 Å². The second-order valence-electron chi connectivity index (χ2n) is 8.24. The van der Waals surface area contributed by atoms with Gasteiger partial charge in [-0.15, -0.1) is 0 Å². The number of rotatable bonds is 7. The predicted molar refractivity (Wildman–Crippen MR) is 131 cm³/mol. The molecule has 0 radical (unpaired) electrons. The molecule has 3 aromatic rings. The lowest BCUT2D eigenvalue weighted by molar-refractivity contribution is -0.0593. The molecule has 0 bridgehead atoms. The van der Waals surface area contributed by atoms with Crippen LogP contribution in [0.25, 0.3) is 16.7 Å². The number of aryl methyl sites for hydroxylation is 1. The van der Waals surface area contributed by atoms with Gasteiger partial charge in [-0.1, -0.05) is 0 Å². The first-order chi connectivity index (χ1) is 16.3. The fourth-order valence-electron chi connectivity index (χ4n) is 4.28. The van der Waals surface area contributed by atoms with Gasteiger partial charge in [-0.2, -0.15) is 0 Å². The summed E-state index contributed by atoms with van der Waals surface area (Å²) in [5.74, 6) is 1.07. The van der Waals surface area contributed by atoms with E-state index in [1.807, 2.05) is 13.8 Å². The highest BCUT2D eigenvalue weighted by Crippen LogP contribution is 2.32. The van der Waals surface area contributed by atoms with Crippen molar-refractivity contribution in [3.63, 3.8) is 0 Å². The third-order valence-electron chi connectivity index (χ3n) is 6.34. The number of fused-ring (bicyclic) bond motifs is 1. The first-order valence-electron chi connectivity index (χ1n) is 11.0. The van der Waals surface area contributed by atoms with E-state index in [0.29, 0.717) is 51.6 Å². The van der Waals surface area contributed by atoms with Crippen LogP contribution in [0.5, 0.6) is 5.75 Å². The van der Waals surface area contributed by atoms with Gasteiger partial charge < -0.3 is 34.5 Å². The number of aromatic amines is 1. The van der Waals surface area contributed by atoms with Crippen molar-refractivity contribution in [3.8, 4) is 5.75 Å². The molecule has 34 heavy (non-hydrogen) atoms. The summed E-state index contributed by atoms with van der Waals surface area (Å²) in [6.07, 6.45) is 4.34. The van der Waals surface area contributed by atoms with Gasteiger partial charge in [0.15, 0.2) is 5.76 Å². The highest BCUT2D eigenvalue weighted by Gasteiger charge is 2.40. The zero-order chi connectivity index (χ0) is 24.6. The van der Waals surface area contributed by atoms with E-state index in [2.05, 4.69) is 10.3 Å². The number of hydrogen-bond donors (Lipinski definition) is 3. The minimum atomic E-state index is -0.221. The molecule has 9 nitrogen and oxygen atoms in total. The number of nitrogens with zero attached hydrogens (tertiary/aromatic N) is 1. The summed E-state index contributed by atoms with van der Waals surface area (Å²) in [5, 5.41) is 10.9. The number of likely N-dealkylation sites (tertiary alicyclic amines) is 1. The Labute approximate surface area is 198 Å². The van der Waals surface area contributed by atoms with E-state index in [1.165, 1.54) is 6.08 Å². The zero-order valence-electron chi connectivity index (χ0n) is 19.8. The summed E-state index contributed by atoms with van der Waals surface area (Å²) in [7, 11) is 3.22. The van der Waals surface area contributed by atoms with Crippen LogP contribution >= 0.6 is 0 Å². The maximum atomic E-state index is 13.0. The molecule has 0 spiro atoms. The fraction of sp³-hybridized carbons (Fsp3) is 0.320. The van der Waals surface area contributed by atoms with Crippen LogP contribution in [0.15, 0.2) is 34.9 Å². The number of allylic oxidation sites excluding steroid dienone is 1. The average Bonchev–Trinajstić information content (AvgIpc) is 3.36. The molecule has 1 fully saturated rings. The first kappa shape index (κ1) is 23.3. The number of H-pyrrole nitrogens is 1. The molecular formula is C25H30N4O5. The van der Waals surface area contributed by atoms with Gasteiger partial charge in [0.1, 0.15) is 17.1 Å². The average molecular weight is 467 g/mol. The Morgan fingerprint density at radius 2 is 2.12 bits per heavy atom. The minimum absolute atomic E-state index is 0. The van der Waals surface area contributed by atoms with E-state index in [4.69, 9.17) is 19.3 Å². The molecule has 1 saturated heterocycles. The molecule has 2 aromatic heterocycles. The molecular weight excluding hydrogens is 436 g/mol. The normalized spacial score (nSPS) is 18.0. The molecule has 3 N–H and O–H groups in total. The SMILES string of the molecule is CNC(=O)c1c(C)oc2cc(O/C(=C/C=N)c3[nH]cc(C(=O)N4C[C@H](OC)[C@@H]4C)c3C)ccc12.[HH]. The van der Waals surface area contributed by atoms with Gasteiger partial charge in [-0.3, -0.25) is 9.59 Å². The van der Waals surface area contributed by atoms with E-state index in [1.54, 1.807) is 50.4 Å². The number of furan rings is 1. The van der Waals surface area contributed by atoms with Crippen molar-refractivity contribution < 1.29 is 24.9 Å². The maximum absolute atomic E-state index is 13.0. The molecule has 1 aromatic carbocycles. The topological polar surface area (TPSA) is 121 Å². The van der Waals surface area contributed by atoms with Crippen LogP contribution in [0, 0.1) is 19.3 Å². The molecule has 1 aliphatic rings. The molecule has 3 heterocycles. The largest absolute Gasteiger partial charge is 0.460 e. The first-order valence-corrected chi connectivity index (χ1v) is 11.0. The van der Waals surface area contributed by atoms with Gasteiger partial charge in [0.25, 0.3) is 11.8 Å². The molecule has 0 saturated carbocycles. The highest BCUT2D eigenvalue weighted by atomic mass is 16.5. The molecule has 0 aliphatic carbocycles. The minimum Gasteiger partial charge on any atom is -0.460 e. The smallest absolute Gasteiger partial charge is 0.256 e. The number of methoxy groups -OCH3 is 1. The van der Waals surface area contributed by atoms with Crippen molar-refractivity contribution in [2.75, 3.05) is 20.7 Å². The number of amides is 2. The summed E-state index contributed by atoms with van der Waals surface area (Å²) in [4.78, 5) is 30.1. The molecule has 0 unspecified atom stereocenters. The molecule has 2 atom stereocenters. The van der Waals surface area contributed by atoms with Gasteiger partial charge in [0, 0.05) is 52.1 Å². The zero-order valence-corrected chi connectivity index (χ0v) is 19.8. The Morgan fingerprint density at radius 3 is 2.76 bits per heavy atom. The number of hydrogen-bond acceptors (Lipinski definition) is 6. The van der Waals surface area contributed by atoms with Crippen LogP contribution in [0.3, 0.4) is 0 Å². The number of nitrogens with one attached hydrogen (secondary N) is 3. The van der Waals surface area contributed by atoms with Gasteiger partial charge in [0.05, 0.1) is 29.0 Å². The lowest BCUT2D eigenvalue weighted by Gasteiger charge is -2.45. The quantitative estimate of drug-likeness (QED) is 0.360. The summed E-state index contributed by atoms with van der Waals surface area (Å²) in [6, 6.07) is 5.20. The number of carbonyl (C=O) groups is 2. The Bertz CT molecular complexity index is 1310. The predicted octanol–water partition coefficient (Wildman–Crippen LogP) is 3.91. The van der Waals surface area contributed by atoms with Gasteiger partial charge in [0.2, 0.25) is 0 Å². The van der Waals surface area contributed by atoms with Gasteiger partial charge >= 0.3 is 0 Å². The lowest BCUT2D eigenvalue weighted by Crippen LogP contribution is -2.61. The monoisotopic (exact) mass is 466 g/mol. The Morgan fingerprint density at radius 1 is 1.35 bits per heavy atom. The second kappa shape index (κ2) is 9.18. The fourth-order valence-corrected chi connectivity index (χ4v) is 4.28. The van der Waals surface area contributed by atoms with Crippen molar-refractivity contribution in [3.05, 3.63) is 58.6 Å². The Balaban J connectivity index is 0.00000342. The van der Waals surface area contributed by atoms with Crippen LogP contribution in [-0.2, 0) is 4.74 Å². The van der Waals surface area contributed by atoms with E-state index < -0.39 is 0 Å². The van der Waals surface area contributed by atoms with E-state index >= 15 is 0 Å². The highest BCUT2D eigenvalue weighted by molar-refractivity contribution is 6.07.